The number of carbonyl (C=O) groups is 1. The first-order chi connectivity index (χ1) is 11.8. The van der Waals surface area contributed by atoms with Gasteiger partial charge in [-0.05, 0) is 56.8 Å². The number of ether oxygens (including phenoxy) is 2. The minimum atomic E-state index is 0.147. The molecule has 1 amide bonds. The van der Waals surface area contributed by atoms with Crippen molar-refractivity contribution in [3.8, 4) is 5.75 Å². The maximum atomic E-state index is 13.0. The number of nitrogens with one attached hydrogen (secondary N) is 1. The highest BCUT2D eigenvalue weighted by Gasteiger charge is 2.38. The van der Waals surface area contributed by atoms with Crippen LogP contribution in [0.1, 0.15) is 42.5 Å². The predicted octanol–water partition coefficient (Wildman–Crippen LogP) is 2.21. The summed E-state index contributed by atoms with van der Waals surface area (Å²) in [6.07, 6.45) is 5.65. The van der Waals surface area contributed by atoms with Crippen molar-refractivity contribution in [2.75, 3.05) is 26.3 Å². The molecule has 0 aromatic heterocycles. The zero-order valence-corrected chi connectivity index (χ0v) is 14.1. The van der Waals surface area contributed by atoms with Gasteiger partial charge in [-0.1, -0.05) is 6.07 Å². The third-order valence-electron chi connectivity index (χ3n) is 5.43. The summed E-state index contributed by atoms with van der Waals surface area (Å²) >= 11 is 0. The molecule has 24 heavy (non-hydrogen) atoms. The van der Waals surface area contributed by atoms with E-state index in [9.17, 15) is 4.79 Å². The minimum Gasteiger partial charge on any atom is -0.491 e. The molecule has 2 bridgehead atoms. The molecule has 3 heterocycles. The lowest BCUT2D eigenvalue weighted by Gasteiger charge is -2.28. The maximum Gasteiger partial charge on any atom is 0.254 e. The molecule has 3 unspecified atom stereocenters. The number of carbonyl (C=O) groups excluding carboxylic acids is 1. The zero-order valence-electron chi connectivity index (χ0n) is 14.1. The summed E-state index contributed by atoms with van der Waals surface area (Å²) < 4.78 is 11.4. The summed E-state index contributed by atoms with van der Waals surface area (Å²) in [5.41, 5.74) is 0.735. The van der Waals surface area contributed by atoms with Gasteiger partial charge in [-0.3, -0.25) is 4.79 Å². The van der Waals surface area contributed by atoms with E-state index in [0.29, 0.717) is 18.7 Å². The smallest absolute Gasteiger partial charge is 0.254 e. The first-order valence-corrected chi connectivity index (χ1v) is 9.19. The number of fused-ring (bicyclic) bond motifs is 2. The number of amides is 1. The Hall–Kier alpha value is -1.59. The van der Waals surface area contributed by atoms with Gasteiger partial charge in [0.05, 0.1) is 6.10 Å². The van der Waals surface area contributed by atoms with Crippen LogP contribution in [0.4, 0.5) is 0 Å². The molecule has 1 aromatic rings. The van der Waals surface area contributed by atoms with Crippen LogP contribution in [0.2, 0.25) is 0 Å². The summed E-state index contributed by atoms with van der Waals surface area (Å²) in [5.74, 6) is 0.908. The molecule has 3 aliphatic heterocycles. The fourth-order valence-corrected chi connectivity index (χ4v) is 4.15. The molecule has 1 N–H and O–H groups in total. The Bertz CT molecular complexity index is 572. The summed E-state index contributed by atoms with van der Waals surface area (Å²) in [6, 6.07) is 8.34. The second-order valence-corrected chi connectivity index (χ2v) is 7.06. The third-order valence-corrected chi connectivity index (χ3v) is 5.43. The van der Waals surface area contributed by atoms with Crippen LogP contribution in [-0.2, 0) is 4.74 Å². The molecule has 3 fully saturated rings. The maximum absolute atomic E-state index is 13.0. The van der Waals surface area contributed by atoms with Gasteiger partial charge in [0.25, 0.3) is 5.91 Å². The molecule has 4 rings (SSSR count). The second kappa shape index (κ2) is 7.11. The lowest BCUT2D eigenvalue weighted by molar-refractivity contribution is 0.0666. The van der Waals surface area contributed by atoms with Gasteiger partial charge >= 0.3 is 0 Å². The van der Waals surface area contributed by atoms with E-state index in [0.717, 1.165) is 63.1 Å². The molecule has 0 spiro atoms. The molecule has 0 saturated carbocycles. The molecular formula is C19H26N2O3. The quantitative estimate of drug-likeness (QED) is 0.920. The molecule has 0 aliphatic carbocycles. The molecule has 130 valence electrons. The first kappa shape index (κ1) is 15.9. The molecule has 5 heteroatoms. The van der Waals surface area contributed by atoms with Gasteiger partial charge in [-0.2, -0.15) is 0 Å². The molecule has 0 radical (unpaired) electrons. The van der Waals surface area contributed by atoms with E-state index in [-0.39, 0.29) is 12.0 Å². The number of hydrogen-bond acceptors (Lipinski definition) is 4. The van der Waals surface area contributed by atoms with Crippen molar-refractivity contribution in [3.05, 3.63) is 29.8 Å². The van der Waals surface area contributed by atoms with E-state index in [4.69, 9.17) is 9.47 Å². The van der Waals surface area contributed by atoms with Crippen molar-refractivity contribution in [1.29, 1.82) is 0 Å². The monoisotopic (exact) mass is 330 g/mol. The molecule has 3 aliphatic rings. The SMILES string of the molecule is O=C(c1cccc(OCC2CCCO2)c1)N1C2CCNCC1CC2. The van der Waals surface area contributed by atoms with Crippen molar-refractivity contribution < 1.29 is 14.3 Å². The first-order valence-electron chi connectivity index (χ1n) is 9.19. The number of nitrogens with zero attached hydrogens (tertiary/aromatic N) is 1. The molecule has 1 aromatic carbocycles. The van der Waals surface area contributed by atoms with Gasteiger partial charge in [0.15, 0.2) is 0 Å². The van der Waals surface area contributed by atoms with Crippen molar-refractivity contribution >= 4 is 5.91 Å². The van der Waals surface area contributed by atoms with Crippen LogP contribution < -0.4 is 10.1 Å². The second-order valence-electron chi connectivity index (χ2n) is 7.06. The van der Waals surface area contributed by atoms with Crippen molar-refractivity contribution in [2.24, 2.45) is 0 Å². The van der Waals surface area contributed by atoms with Crippen LogP contribution >= 0.6 is 0 Å². The van der Waals surface area contributed by atoms with Crippen LogP contribution in [0.3, 0.4) is 0 Å². The Morgan fingerprint density at radius 3 is 3.04 bits per heavy atom. The van der Waals surface area contributed by atoms with Crippen LogP contribution in [0, 0.1) is 0 Å². The highest BCUT2D eigenvalue weighted by atomic mass is 16.5. The Labute approximate surface area is 143 Å². The van der Waals surface area contributed by atoms with Gasteiger partial charge in [-0.25, -0.2) is 0 Å². The molecule has 3 atom stereocenters. The van der Waals surface area contributed by atoms with Gasteiger partial charge in [0, 0.05) is 30.8 Å². The van der Waals surface area contributed by atoms with E-state index in [1.54, 1.807) is 0 Å². The summed E-state index contributed by atoms with van der Waals surface area (Å²) in [5, 5.41) is 3.45. The minimum absolute atomic E-state index is 0.147. The largest absolute Gasteiger partial charge is 0.491 e. The van der Waals surface area contributed by atoms with Gasteiger partial charge in [0.2, 0.25) is 0 Å². The van der Waals surface area contributed by atoms with Gasteiger partial charge in [0.1, 0.15) is 12.4 Å². The highest BCUT2D eigenvalue weighted by molar-refractivity contribution is 5.95. The highest BCUT2D eigenvalue weighted by Crippen LogP contribution is 2.30. The van der Waals surface area contributed by atoms with E-state index in [2.05, 4.69) is 10.2 Å². The normalized spacial score (nSPS) is 29.5. The zero-order chi connectivity index (χ0) is 16.4. The molecule has 5 nitrogen and oxygen atoms in total. The number of hydrogen-bond donors (Lipinski definition) is 1. The van der Waals surface area contributed by atoms with Crippen LogP contribution in [0.5, 0.6) is 5.75 Å². The fraction of sp³-hybridized carbons (Fsp3) is 0.632. The average molecular weight is 330 g/mol. The lowest BCUT2D eigenvalue weighted by Crippen LogP contribution is -2.42. The van der Waals surface area contributed by atoms with Gasteiger partial charge in [-0.15, -0.1) is 0 Å². The Balaban J connectivity index is 1.45. The summed E-state index contributed by atoms with van der Waals surface area (Å²) in [4.78, 5) is 15.2. The van der Waals surface area contributed by atoms with Crippen LogP contribution in [0.15, 0.2) is 24.3 Å². The lowest BCUT2D eigenvalue weighted by atomic mass is 10.1. The van der Waals surface area contributed by atoms with E-state index in [1.807, 2.05) is 24.3 Å². The topological polar surface area (TPSA) is 50.8 Å². The van der Waals surface area contributed by atoms with E-state index in [1.165, 1.54) is 0 Å². The third kappa shape index (κ3) is 3.28. The fourth-order valence-electron chi connectivity index (χ4n) is 4.15. The van der Waals surface area contributed by atoms with Crippen LogP contribution in [-0.4, -0.2) is 55.3 Å². The van der Waals surface area contributed by atoms with Crippen molar-refractivity contribution in [3.63, 3.8) is 0 Å². The Morgan fingerprint density at radius 1 is 1.25 bits per heavy atom. The van der Waals surface area contributed by atoms with Crippen molar-refractivity contribution in [1.82, 2.24) is 10.2 Å². The van der Waals surface area contributed by atoms with Crippen molar-refractivity contribution in [2.45, 2.75) is 50.3 Å². The van der Waals surface area contributed by atoms with E-state index < -0.39 is 0 Å². The number of benzene rings is 1. The predicted molar refractivity (Wildman–Crippen MR) is 91.4 cm³/mol. The average Bonchev–Trinajstić information content (AvgIpc) is 3.19. The summed E-state index contributed by atoms with van der Waals surface area (Å²) in [6.45, 7) is 3.32. The number of rotatable bonds is 4. The standard InChI is InChI=1S/C19H26N2O3/c22-19(21-15-6-7-16(21)12-20-9-8-15)14-3-1-4-17(11-14)24-13-18-5-2-10-23-18/h1,3-4,11,15-16,18,20H,2,5-10,12-13H2. The molecular weight excluding hydrogens is 304 g/mol. The van der Waals surface area contributed by atoms with E-state index >= 15 is 0 Å². The Kier molecular flexibility index (Phi) is 4.72. The van der Waals surface area contributed by atoms with Crippen LogP contribution in [0.25, 0.3) is 0 Å². The molecule has 3 saturated heterocycles. The van der Waals surface area contributed by atoms with Gasteiger partial charge < -0.3 is 19.7 Å². The summed E-state index contributed by atoms with van der Waals surface area (Å²) in [7, 11) is 0. The Morgan fingerprint density at radius 2 is 2.17 bits per heavy atom.